The molecule has 14 heavy (non-hydrogen) atoms. The molecule has 3 nitrogen and oxygen atoms in total. The summed E-state index contributed by atoms with van der Waals surface area (Å²) in [5, 5.41) is 0. The summed E-state index contributed by atoms with van der Waals surface area (Å²) in [6.07, 6.45) is 1.77. The average molecular weight is 193 g/mol. The predicted molar refractivity (Wildman–Crippen MR) is 55.6 cm³/mol. The molecule has 0 radical (unpaired) electrons. The van der Waals surface area contributed by atoms with Crippen molar-refractivity contribution in [3.63, 3.8) is 0 Å². The zero-order chi connectivity index (χ0) is 10.4. The van der Waals surface area contributed by atoms with E-state index in [0.717, 1.165) is 11.3 Å². The number of methoxy groups -OCH3 is 1. The SMILES string of the molecule is C=C(OCC)c1ccc(COC)cn1. The standard InChI is InChI=1S/C11H15NO2/c1-4-14-9(2)11-6-5-10(7-12-11)8-13-3/h5-7H,2,4,8H2,1,3H3. The van der Waals surface area contributed by atoms with Gasteiger partial charge in [0.15, 0.2) is 0 Å². The lowest BCUT2D eigenvalue weighted by molar-refractivity contribution is 0.184. The van der Waals surface area contributed by atoms with Crippen LogP contribution in [0.4, 0.5) is 0 Å². The van der Waals surface area contributed by atoms with Gasteiger partial charge in [0, 0.05) is 13.3 Å². The Labute approximate surface area is 84.4 Å². The molecule has 0 aromatic carbocycles. The third-order valence-corrected chi connectivity index (χ3v) is 1.74. The number of hydrogen-bond acceptors (Lipinski definition) is 3. The third kappa shape index (κ3) is 2.85. The van der Waals surface area contributed by atoms with Crippen LogP contribution in [0.2, 0.25) is 0 Å². The summed E-state index contributed by atoms with van der Waals surface area (Å²) < 4.78 is 10.2. The summed E-state index contributed by atoms with van der Waals surface area (Å²) in [4.78, 5) is 4.21. The van der Waals surface area contributed by atoms with Crippen molar-refractivity contribution in [2.24, 2.45) is 0 Å². The fraction of sp³-hybridized carbons (Fsp3) is 0.364. The highest BCUT2D eigenvalue weighted by Crippen LogP contribution is 2.11. The second kappa shape index (κ2) is 5.40. The van der Waals surface area contributed by atoms with Crippen LogP contribution in [-0.2, 0) is 16.1 Å². The smallest absolute Gasteiger partial charge is 0.137 e. The Morgan fingerprint density at radius 2 is 2.29 bits per heavy atom. The lowest BCUT2D eigenvalue weighted by Crippen LogP contribution is -1.95. The summed E-state index contributed by atoms with van der Waals surface area (Å²) >= 11 is 0. The molecule has 0 bridgehead atoms. The monoisotopic (exact) mass is 193 g/mol. The van der Waals surface area contributed by atoms with E-state index in [-0.39, 0.29) is 0 Å². The van der Waals surface area contributed by atoms with Crippen LogP contribution in [0, 0.1) is 0 Å². The maximum atomic E-state index is 5.24. The van der Waals surface area contributed by atoms with Crippen LogP contribution in [0.1, 0.15) is 18.2 Å². The van der Waals surface area contributed by atoms with Crippen molar-refractivity contribution in [1.82, 2.24) is 4.98 Å². The predicted octanol–water partition coefficient (Wildman–Crippen LogP) is 2.24. The highest BCUT2D eigenvalue weighted by atomic mass is 16.5. The number of ether oxygens (including phenoxy) is 2. The lowest BCUT2D eigenvalue weighted by atomic mass is 10.2. The van der Waals surface area contributed by atoms with E-state index < -0.39 is 0 Å². The first kappa shape index (κ1) is 10.7. The van der Waals surface area contributed by atoms with Gasteiger partial charge in [-0.05, 0) is 18.6 Å². The van der Waals surface area contributed by atoms with Gasteiger partial charge >= 0.3 is 0 Å². The van der Waals surface area contributed by atoms with Crippen molar-refractivity contribution in [3.8, 4) is 0 Å². The Balaban J connectivity index is 2.67. The first-order chi connectivity index (χ1) is 6.77. The molecule has 0 aliphatic heterocycles. The molecule has 0 N–H and O–H groups in total. The molecule has 0 unspecified atom stereocenters. The number of pyridine rings is 1. The number of aromatic nitrogens is 1. The van der Waals surface area contributed by atoms with E-state index in [1.54, 1.807) is 13.3 Å². The molecule has 1 aromatic heterocycles. The zero-order valence-corrected chi connectivity index (χ0v) is 8.62. The van der Waals surface area contributed by atoms with Crippen LogP contribution in [0.15, 0.2) is 24.9 Å². The largest absolute Gasteiger partial charge is 0.492 e. The molecule has 0 amide bonds. The Morgan fingerprint density at radius 3 is 2.79 bits per heavy atom. The Kier molecular flexibility index (Phi) is 4.13. The molecule has 3 heteroatoms. The first-order valence-corrected chi connectivity index (χ1v) is 4.54. The van der Waals surface area contributed by atoms with Gasteiger partial charge in [0.2, 0.25) is 0 Å². The van der Waals surface area contributed by atoms with Crippen molar-refractivity contribution in [1.29, 1.82) is 0 Å². The van der Waals surface area contributed by atoms with Gasteiger partial charge in [-0.1, -0.05) is 12.6 Å². The van der Waals surface area contributed by atoms with Crippen molar-refractivity contribution in [3.05, 3.63) is 36.2 Å². The van der Waals surface area contributed by atoms with Crippen LogP contribution < -0.4 is 0 Å². The maximum absolute atomic E-state index is 5.24. The number of nitrogens with zero attached hydrogens (tertiary/aromatic N) is 1. The van der Waals surface area contributed by atoms with Gasteiger partial charge in [-0.2, -0.15) is 0 Å². The average Bonchev–Trinajstić information content (AvgIpc) is 2.20. The Bertz CT molecular complexity index is 293. The molecular weight excluding hydrogens is 178 g/mol. The van der Waals surface area contributed by atoms with Crippen LogP contribution in [0.5, 0.6) is 0 Å². The number of rotatable bonds is 5. The minimum Gasteiger partial charge on any atom is -0.492 e. The van der Waals surface area contributed by atoms with Gasteiger partial charge in [0.25, 0.3) is 0 Å². The number of hydrogen-bond donors (Lipinski definition) is 0. The molecule has 0 aliphatic rings. The summed E-state index contributed by atoms with van der Waals surface area (Å²) in [6.45, 7) is 6.88. The molecule has 0 saturated heterocycles. The third-order valence-electron chi connectivity index (χ3n) is 1.74. The molecule has 76 valence electrons. The molecule has 0 spiro atoms. The van der Waals surface area contributed by atoms with Crippen molar-refractivity contribution < 1.29 is 9.47 Å². The topological polar surface area (TPSA) is 31.4 Å². The fourth-order valence-electron chi connectivity index (χ4n) is 1.09. The minimum atomic E-state index is 0.578. The summed E-state index contributed by atoms with van der Waals surface area (Å²) in [5.41, 5.74) is 1.81. The summed E-state index contributed by atoms with van der Waals surface area (Å²) in [5.74, 6) is 0.608. The molecule has 0 saturated carbocycles. The van der Waals surface area contributed by atoms with Crippen molar-refractivity contribution in [2.45, 2.75) is 13.5 Å². The van der Waals surface area contributed by atoms with E-state index in [2.05, 4.69) is 11.6 Å². The first-order valence-electron chi connectivity index (χ1n) is 4.54. The van der Waals surface area contributed by atoms with E-state index in [9.17, 15) is 0 Å². The minimum absolute atomic E-state index is 0.578. The normalized spacial score (nSPS) is 9.86. The molecular formula is C11H15NO2. The van der Waals surface area contributed by atoms with E-state index in [1.807, 2.05) is 19.1 Å². The van der Waals surface area contributed by atoms with Crippen LogP contribution in [0.3, 0.4) is 0 Å². The van der Waals surface area contributed by atoms with Crippen LogP contribution in [0.25, 0.3) is 5.76 Å². The molecule has 1 heterocycles. The van der Waals surface area contributed by atoms with Gasteiger partial charge in [0.05, 0.1) is 13.2 Å². The summed E-state index contributed by atoms with van der Waals surface area (Å²) in [6, 6.07) is 3.84. The Morgan fingerprint density at radius 1 is 1.50 bits per heavy atom. The second-order valence-corrected chi connectivity index (χ2v) is 2.84. The molecule has 0 aliphatic carbocycles. The second-order valence-electron chi connectivity index (χ2n) is 2.84. The lowest BCUT2D eigenvalue weighted by Gasteiger charge is -2.06. The molecule has 0 fully saturated rings. The molecule has 1 aromatic rings. The van der Waals surface area contributed by atoms with E-state index in [0.29, 0.717) is 19.0 Å². The van der Waals surface area contributed by atoms with E-state index >= 15 is 0 Å². The summed E-state index contributed by atoms with van der Waals surface area (Å²) in [7, 11) is 1.66. The van der Waals surface area contributed by atoms with E-state index in [4.69, 9.17) is 9.47 Å². The van der Waals surface area contributed by atoms with Gasteiger partial charge in [0.1, 0.15) is 11.5 Å². The van der Waals surface area contributed by atoms with Gasteiger partial charge in [-0.3, -0.25) is 4.98 Å². The fourth-order valence-corrected chi connectivity index (χ4v) is 1.09. The zero-order valence-electron chi connectivity index (χ0n) is 8.62. The molecule has 1 rings (SSSR count). The van der Waals surface area contributed by atoms with Crippen molar-refractivity contribution in [2.75, 3.05) is 13.7 Å². The Hall–Kier alpha value is -1.35. The highest BCUT2D eigenvalue weighted by Gasteiger charge is 2.00. The highest BCUT2D eigenvalue weighted by molar-refractivity contribution is 5.53. The molecule has 0 atom stereocenters. The van der Waals surface area contributed by atoms with Crippen LogP contribution in [-0.4, -0.2) is 18.7 Å². The van der Waals surface area contributed by atoms with Crippen molar-refractivity contribution >= 4 is 5.76 Å². The van der Waals surface area contributed by atoms with E-state index in [1.165, 1.54) is 0 Å². The van der Waals surface area contributed by atoms with Gasteiger partial charge in [-0.15, -0.1) is 0 Å². The van der Waals surface area contributed by atoms with Gasteiger partial charge < -0.3 is 9.47 Å². The quantitative estimate of drug-likeness (QED) is 0.672. The van der Waals surface area contributed by atoms with Gasteiger partial charge in [-0.25, -0.2) is 0 Å². The van der Waals surface area contributed by atoms with Crippen LogP contribution >= 0.6 is 0 Å². The maximum Gasteiger partial charge on any atom is 0.137 e.